The Kier molecular flexibility index (Phi) is 3.88. The third-order valence-corrected chi connectivity index (χ3v) is 5.11. The highest BCUT2D eigenvalue weighted by Crippen LogP contribution is 2.32. The summed E-state index contributed by atoms with van der Waals surface area (Å²) in [6.07, 6.45) is 2.84. The van der Waals surface area contributed by atoms with Crippen molar-refractivity contribution in [3.63, 3.8) is 0 Å². The van der Waals surface area contributed by atoms with E-state index in [0.29, 0.717) is 23.2 Å². The quantitative estimate of drug-likeness (QED) is 0.633. The van der Waals surface area contributed by atoms with Crippen LogP contribution in [0.2, 0.25) is 5.15 Å². The van der Waals surface area contributed by atoms with Gasteiger partial charge in [0.25, 0.3) is 0 Å². The molecular formula is C18H18ClN3O2. The monoisotopic (exact) mass is 343 g/mol. The molecule has 0 radical (unpaired) electrons. The molecule has 1 fully saturated rings. The van der Waals surface area contributed by atoms with E-state index < -0.39 is 0 Å². The molecule has 1 aliphatic heterocycles. The highest BCUT2D eigenvalue weighted by atomic mass is 35.5. The minimum absolute atomic E-state index is 0.0354. The number of halogens is 1. The first kappa shape index (κ1) is 15.4. The molecule has 2 aromatic rings. The summed E-state index contributed by atoms with van der Waals surface area (Å²) >= 11 is 6.29. The Morgan fingerprint density at radius 1 is 1.25 bits per heavy atom. The number of carbonyl (C=O) groups excluding carboxylic acids is 1. The Hall–Kier alpha value is -2.14. The van der Waals surface area contributed by atoms with Gasteiger partial charge in [0.15, 0.2) is 0 Å². The summed E-state index contributed by atoms with van der Waals surface area (Å²) in [5.41, 5.74) is 2.71. The lowest BCUT2D eigenvalue weighted by Gasteiger charge is -2.45. The first-order chi connectivity index (χ1) is 11.6. The summed E-state index contributed by atoms with van der Waals surface area (Å²) in [7, 11) is 0. The SMILES string of the molecule is CC1C(OC(=O)c2ccccc2)CN1c1nc(Cl)c2c(n1)CCC2. The number of aryl methyl sites for hydroxylation is 1. The highest BCUT2D eigenvalue weighted by Gasteiger charge is 2.40. The third-order valence-electron chi connectivity index (χ3n) is 4.80. The lowest BCUT2D eigenvalue weighted by molar-refractivity contribution is 0.0108. The second-order valence-electron chi connectivity index (χ2n) is 6.30. The molecule has 0 N–H and O–H groups in total. The van der Waals surface area contributed by atoms with Crippen molar-refractivity contribution in [1.82, 2.24) is 9.97 Å². The molecule has 2 atom stereocenters. The normalized spacial score (nSPS) is 22.0. The van der Waals surface area contributed by atoms with Gasteiger partial charge in [-0.05, 0) is 38.3 Å². The van der Waals surface area contributed by atoms with Gasteiger partial charge in [0.05, 0.1) is 23.8 Å². The first-order valence-corrected chi connectivity index (χ1v) is 8.59. The van der Waals surface area contributed by atoms with Crippen molar-refractivity contribution >= 4 is 23.5 Å². The van der Waals surface area contributed by atoms with Crippen LogP contribution >= 0.6 is 11.6 Å². The van der Waals surface area contributed by atoms with Crippen LogP contribution in [0.25, 0.3) is 0 Å². The van der Waals surface area contributed by atoms with Crippen molar-refractivity contribution in [2.24, 2.45) is 0 Å². The largest absolute Gasteiger partial charge is 0.455 e. The van der Waals surface area contributed by atoms with Gasteiger partial charge in [0.1, 0.15) is 11.3 Å². The van der Waals surface area contributed by atoms with Crippen LogP contribution in [0.3, 0.4) is 0 Å². The molecule has 0 saturated carbocycles. The van der Waals surface area contributed by atoms with Crippen LogP contribution in [-0.4, -0.2) is 34.6 Å². The number of benzene rings is 1. The van der Waals surface area contributed by atoms with Gasteiger partial charge >= 0.3 is 5.97 Å². The standard InChI is InChI=1S/C18H18ClN3O2/c1-11-15(24-17(23)12-6-3-2-4-7-12)10-22(11)18-20-14-9-5-8-13(14)16(19)21-18/h2-4,6-7,11,15H,5,8-10H2,1H3. The highest BCUT2D eigenvalue weighted by molar-refractivity contribution is 6.30. The predicted octanol–water partition coefficient (Wildman–Crippen LogP) is 3.05. The van der Waals surface area contributed by atoms with Crippen molar-refractivity contribution in [3.8, 4) is 0 Å². The van der Waals surface area contributed by atoms with E-state index in [1.807, 2.05) is 30.0 Å². The van der Waals surface area contributed by atoms with Gasteiger partial charge in [-0.3, -0.25) is 0 Å². The van der Waals surface area contributed by atoms with Crippen LogP contribution in [0.4, 0.5) is 5.95 Å². The van der Waals surface area contributed by atoms with Crippen LogP contribution in [0, 0.1) is 0 Å². The fourth-order valence-corrected chi connectivity index (χ4v) is 3.54. The molecule has 124 valence electrons. The number of rotatable bonds is 3. The average Bonchev–Trinajstić information content (AvgIpc) is 3.07. The fourth-order valence-electron chi connectivity index (χ4n) is 3.26. The van der Waals surface area contributed by atoms with Crippen molar-refractivity contribution < 1.29 is 9.53 Å². The molecular weight excluding hydrogens is 326 g/mol. The minimum Gasteiger partial charge on any atom is -0.455 e. The molecule has 1 aromatic heterocycles. The summed E-state index contributed by atoms with van der Waals surface area (Å²) in [5, 5.41) is 0.560. The van der Waals surface area contributed by atoms with E-state index in [1.165, 1.54) is 0 Å². The second kappa shape index (κ2) is 6.06. The molecule has 2 unspecified atom stereocenters. The topological polar surface area (TPSA) is 55.3 Å². The lowest BCUT2D eigenvalue weighted by atomic mass is 10.0. The first-order valence-electron chi connectivity index (χ1n) is 8.21. The van der Waals surface area contributed by atoms with Gasteiger partial charge in [-0.1, -0.05) is 29.8 Å². The number of aromatic nitrogens is 2. The lowest BCUT2D eigenvalue weighted by Crippen LogP contribution is -2.61. The zero-order chi connectivity index (χ0) is 16.7. The average molecular weight is 344 g/mol. The van der Waals surface area contributed by atoms with E-state index in [4.69, 9.17) is 16.3 Å². The summed E-state index contributed by atoms with van der Waals surface area (Å²) < 4.78 is 5.59. The maximum absolute atomic E-state index is 12.2. The molecule has 6 heteroatoms. The summed E-state index contributed by atoms with van der Waals surface area (Å²) in [4.78, 5) is 23.3. The van der Waals surface area contributed by atoms with Crippen LogP contribution in [-0.2, 0) is 17.6 Å². The number of esters is 1. The number of fused-ring (bicyclic) bond motifs is 1. The molecule has 0 bridgehead atoms. The van der Waals surface area contributed by atoms with E-state index in [0.717, 1.165) is 30.5 Å². The summed E-state index contributed by atoms with van der Waals surface area (Å²) in [6, 6.07) is 9.08. The number of ether oxygens (including phenoxy) is 1. The fraction of sp³-hybridized carbons (Fsp3) is 0.389. The molecule has 24 heavy (non-hydrogen) atoms. The molecule has 5 nitrogen and oxygen atoms in total. The van der Waals surface area contributed by atoms with Gasteiger partial charge < -0.3 is 9.64 Å². The molecule has 0 amide bonds. The van der Waals surface area contributed by atoms with E-state index in [-0.39, 0.29) is 18.1 Å². The zero-order valence-electron chi connectivity index (χ0n) is 13.4. The number of hydrogen-bond donors (Lipinski definition) is 0. The molecule has 0 spiro atoms. The molecule has 1 aliphatic carbocycles. The van der Waals surface area contributed by atoms with Crippen molar-refractivity contribution in [3.05, 3.63) is 52.3 Å². The molecule has 2 heterocycles. The molecule has 4 rings (SSSR count). The molecule has 1 aromatic carbocycles. The Labute approximate surface area is 145 Å². The predicted molar refractivity (Wildman–Crippen MR) is 91.5 cm³/mol. The van der Waals surface area contributed by atoms with Gasteiger partial charge in [-0.25, -0.2) is 14.8 Å². The summed E-state index contributed by atoms with van der Waals surface area (Å²) in [5.74, 6) is 0.347. The second-order valence-corrected chi connectivity index (χ2v) is 6.65. The Balaban J connectivity index is 1.44. The van der Waals surface area contributed by atoms with Crippen LogP contribution in [0.15, 0.2) is 30.3 Å². The van der Waals surface area contributed by atoms with Gasteiger partial charge in [-0.2, -0.15) is 0 Å². The van der Waals surface area contributed by atoms with Crippen LogP contribution in [0.5, 0.6) is 0 Å². The van der Waals surface area contributed by atoms with E-state index >= 15 is 0 Å². The van der Waals surface area contributed by atoms with Crippen molar-refractivity contribution in [2.75, 3.05) is 11.4 Å². The van der Waals surface area contributed by atoms with Crippen LogP contribution < -0.4 is 4.90 Å². The Morgan fingerprint density at radius 2 is 2.04 bits per heavy atom. The Bertz CT molecular complexity index is 781. The van der Waals surface area contributed by atoms with E-state index in [9.17, 15) is 4.79 Å². The summed E-state index contributed by atoms with van der Waals surface area (Å²) in [6.45, 7) is 2.60. The van der Waals surface area contributed by atoms with Crippen LogP contribution in [0.1, 0.15) is 35.0 Å². The molecule has 2 aliphatic rings. The van der Waals surface area contributed by atoms with Crippen molar-refractivity contribution in [1.29, 1.82) is 0 Å². The minimum atomic E-state index is -0.292. The maximum Gasteiger partial charge on any atom is 0.338 e. The number of anilines is 1. The van der Waals surface area contributed by atoms with E-state index in [2.05, 4.69) is 9.97 Å². The smallest absolute Gasteiger partial charge is 0.338 e. The maximum atomic E-state index is 12.2. The van der Waals surface area contributed by atoms with Gasteiger partial charge in [0.2, 0.25) is 5.95 Å². The van der Waals surface area contributed by atoms with E-state index in [1.54, 1.807) is 12.1 Å². The number of nitrogens with zero attached hydrogens (tertiary/aromatic N) is 3. The number of hydrogen-bond acceptors (Lipinski definition) is 5. The Morgan fingerprint density at radius 3 is 2.79 bits per heavy atom. The van der Waals surface area contributed by atoms with Crippen molar-refractivity contribution in [2.45, 2.75) is 38.3 Å². The zero-order valence-corrected chi connectivity index (χ0v) is 14.2. The van der Waals surface area contributed by atoms with Gasteiger partial charge in [0, 0.05) is 5.56 Å². The van der Waals surface area contributed by atoms with Gasteiger partial charge in [-0.15, -0.1) is 0 Å². The number of carbonyl (C=O) groups is 1. The molecule has 1 saturated heterocycles. The third kappa shape index (κ3) is 2.63.